The first-order valence-electron chi connectivity index (χ1n) is 8.85. The number of aromatic nitrogens is 2. The predicted molar refractivity (Wildman–Crippen MR) is 107 cm³/mol. The molecule has 1 aromatic carbocycles. The molecule has 6 heteroatoms. The number of amides is 1. The summed E-state index contributed by atoms with van der Waals surface area (Å²) in [7, 11) is 0. The fourth-order valence-corrected chi connectivity index (χ4v) is 3.92. The Bertz CT molecular complexity index is 1020. The number of thiophene rings is 1. The summed E-state index contributed by atoms with van der Waals surface area (Å²) in [5, 5.41) is 3.58. The van der Waals surface area contributed by atoms with E-state index in [2.05, 4.69) is 17.2 Å². The molecule has 0 aliphatic heterocycles. The number of carbonyl (C=O) groups is 1. The molecule has 1 unspecified atom stereocenters. The normalized spacial score (nSPS) is 12.3. The maximum absolute atomic E-state index is 12.8. The number of nitrogens with one attached hydrogen (secondary N) is 1. The number of carbonyl (C=O) groups excluding carboxylic acids is 1. The van der Waals surface area contributed by atoms with Crippen molar-refractivity contribution in [1.29, 1.82) is 0 Å². The third-order valence-corrected chi connectivity index (χ3v) is 5.85. The lowest BCUT2D eigenvalue weighted by Gasteiger charge is -2.18. The van der Waals surface area contributed by atoms with E-state index >= 15 is 0 Å². The van der Waals surface area contributed by atoms with Crippen LogP contribution < -0.4 is 10.9 Å². The monoisotopic (exact) mass is 369 g/mol. The molecule has 0 fully saturated rings. The van der Waals surface area contributed by atoms with Gasteiger partial charge in [0.15, 0.2) is 0 Å². The number of anilines is 1. The predicted octanol–water partition coefficient (Wildman–Crippen LogP) is 4.09. The Kier molecular flexibility index (Phi) is 5.23. The van der Waals surface area contributed by atoms with Crippen LogP contribution in [0.4, 0.5) is 5.69 Å². The SMILES string of the molecule is CCc1cc2c(=O)n(C(C)C(=O)Nc3c(C)cccc3CC)cnc2s1. The van der Waals surface area contributed by atoms with Crippen LogP contribution in [-0.4, -0.2) is 15.5 Å². The number of hydrogen-bond acceptors (Lipinski definition) is 4. The molecule has 26 heavy (non-hydrogen) atoms. The third kappa shape index (κ3) is 3.29. The van der Waals surface area contributed by atoms with Crippen molar-refractivity contribution in [2.24, 2.45) is 0 Å². The molecule has 0 aliphatic carbocycles. The highest BCUT2D eigenvalue weighted by atomic mass is 32.1. The van der Waals surface area contributed by atoms with Crippen molar-refractivity contribution in [3.05, 3.63) is 57.0 Å². The Labute approximate surface area is 156 Å². The van der Waals surface area contributed by atoms with E-state index in [1.54, 1.807) is 6.92 Å². The Morgan fingerprint density at radius 3 is 2.77 bits per heavy atom. The second kappa shape index (κ2) is 7.41. The van der Waals surface area contributed by atoms with Gasteiger partial charge < -0.3 is 5.32 Å². The molecule has 0 radical (unpaired) electrons. The van der Waals surface area contributed by atoms with Crippen LogP contribution in [0.25, 0.3) is 10.2 Å². The fraction of sp³-hybridized carbons (Fsp3) is 0.350. The van der Waals surface area contributed by atoms with Crippen molar-refractivity contribution in [2.75, 3.05) is 5.32 Å². The lowest BCUT2D eigenvalue weighted by Crippen LogP contribution is -2.32. The van der Waals surface area contributed by atoms with E-state index < -0.39 is 6.04 Å². The zero-order valence-corrected chi connectivity index (χ0v) is 16.3. The van der Waals surface area contributed by atoms with Crippen LogP contribution in [0.3, 0.4) is 0 Å². The second-order valence-corrected chi connectivity index (χ2v) is 7.49. The number of benzene rings is 1. The first-order valence-corrected chi connectivity index (χ1v) is 9.66. The average molecular weight is 369 g/mol. The first-order chi connectivity index (χ1) is 12.5. The number of aryl methyl sites for hydroxylation is 3. The van der Waals surface area contributed by atoms with Crippen LogP contribution in [0, 0.1) is 6.92 Å². The molecule has 136 valence electrons. The number of rotatable bonds is 5. The van der Waals surface area contributed by atoms with Crippen LogP contribution in [0.1, 0.15) is 42.8 Å². The average Bonchev–Trinajstić information content (AvgIpc) is 3.07. The lowest BCUT2D eigenvalue weighted by molar-refractivity contribution is -0.118. The molecule has 1 atom stereocenters. The lowest BCUT2D eigenvalue weighted by atomic mass is 10.1. The van der Waals surface area contributed by atoms with E-state index in [-0.39, 0.29) is 11.5 Å². The summed E-state index contributed by atoms with van der Waals surface area (Å²) in [6, 6.07) is 7.19. The molecule has 1 amide bonds. The molecular weight excluding hydrogens is 346 g/mol. The van der Waals surface area contributed by atoms with Gasteiger partial charge in [-0.3, -0.25) is 14.2 Å². The molecule has 0 spiro atoms. The van der Waals surface area contributed by atoms with Gasteiger partial charge in [-0.2, -0.15) is 0 Å². The molecule has 3 rings (SSSR count). The van der Waals surface area contributed by atoms with Crippen LogP contribution in [-0.2, 0) is 17.6 Å². The van der Waals surface area contributed by atoms with Gasteiger partial charge in [0, 0.05) is 10.6 Å². The van der Waals surface area contributed by atoms with Crippen LogP contribution in [0.15, 0.2) is 35.4 Å². The molecule has 1 N–H and O–H groups in total. The van der Waals surface area contributed by atoms with Gasteiger partial charge in [-0.1, -0.05) is 32.0 Å². The van der Waals surface area contributed by atoms with Crippen molar-refractivity contribution >= 4 is 33.1 Å². The van der Waals surface area contributed by atoms with Crippen molar-refractivity contribution in [1.82, 2.24) is 9.55 Å². The summed E-state index contributed by atoms with van der Waals surface area (Å²) in [6.07, 6.45) is 3.17. The van der Waals surface area contributed by atoms with Crippen molar-refractivity contribution in [3.63, 3.8) is 0 Å². The molecule has 0 bridgehead atoms. The summed E-state index contributed by atoms with van der Waals surface area (Å²) in [6.45, 7) is 7.79. The highest BCUT2D eigenvalue weighted by molar-refractivity contribution is 7.18. The van der Waals surface area contributed by atoms with Crippen LogP contribution >= 0.6 is 11.3 Å². The Hall–Kier alpha value is -2.47. The minimum absolute atomic E-state index is 0.172. The van der Waals surface area contributed by atoms with E-state index in [9.17, 15) is 9.59 Å². The van der Waals surface area contributed by atoms with Gasteiger partial charge in [-0.15, -0.1) is 11.3 Å². The van der Waals surface area contributed by atoms with E-state index in [4.69, 9.17) is 0 Å². The molecule has 2 heterocycles. The zero-order chi connectivity index (χ0) is 18.8. The summed E-state index contributed by atoms with van der Waals surface area (Å²) < 4.78 is 1.41. The van der Waals surface area contributed by atoms with Crippen molar-refractivity contribution in [3.8, 4) is 0 Å². The molecule has 2 aromatic heterocycles. The summed E-state index contributed by atoms with van der Waals surface area (Å²) in [4.78, 5) is 31.8. The Morgan fingerprint density at radius 2 is 2.08 bits per heavy atom. The quantitative estimate of drug-likeness (QED) is 0.737. The van der Waals surface area contributed by atoms with E-state index in [1.807, 2.05) is 38.1 Å². The summed E-state index contributed by atoms with van der Waals surface area (Å²) >= 11 is 1.52. The van der Waals surface area contributed by atoms with Gasteiger partial charge in [0.25, 0.3) is 5.56 Å². The van der Waals surface area contributed by atoms with Gasteiger partial charge in [-0.25, -0.2) is 4.98 Å². The maximum Gasteiger partial charge on any atom is 0.262 e. The number of hydrogen-bond donors (Lipinski definition) is 1. The molecular formula is C20H23N3O2S. The highest BCUT2D eigenvalue weighted by Gasteiger charge is 2.20. The molecule has 0 saturated heterocycles. The molecule has 5 nitrogen and oxygen atoms in total. The van der Waals surface area contributed by atoms with Gasteiger partial charge in [0.2, 0.25) is 5.91 Å². The summed E-state index contributed by atoms with van der Waals surface area (Å²) in [5.41, 5.74) is 2.75. The smallest absolute Gasteiger partial charge is 0.262 e. The third-order valence-electron chi connectivity index (χ3n) is 4.66. The van der Waals surface area contributed by atoms with Gasteiger partial charge in [0.05, 0.1) is 11.7 Å². The number of para-hydroxylation sites is 1. The standard InChI is InChI=1S/C20H23N3O2S/c1-5-14-9-7-8-12(3)17(14)22-18(24)13(4)23-11-21-19-16(20(23)25)10-15(6-2)26-19/h7-11,13H,5-6H2,1-4H3,(H,22,24). The van der Waals surface area contributed by atoms with Gasteiger partial charge in [-0.05, 0) is 43.9 Å². The Morgan fingerprint density at radius 1 is 1.31 bits per heavy atom. The van der Waals surface area contributed by atoms with E-state index in [0.717, 1.165) is 39.4 Å². The molecule has 0 saturated carbocycles. The molecule has 3 aromatic rings. The largest absolute Gasteiger partial charge is 0.324 e. The number of fused-ring (bicyclic) bond motifs is 1. The second-order valence-electron chi connectivity index (χ2n) is 6.37. The molecule has 0 aliphatic rings. The summed E-state index contributed by atoms with van der Waals surface area (Å²) in [5.74, 6) is -0.219. The maximum atomic E-state index is 12.8. The number of nitrogens with zero attached hydrogens (tertiary/aromatic N) is 2. The minimum atomic E-state index is -0.645. The fourth-order valence-electron chi connectivity index (χ4n) is 2.99. The van der Waals surface area contributed by atoms with Crippen LogP contribution in [0.5, 0.6) is 0 Å². The van der Waals surface area contributed by atoms with Crippen molar-refractivity contribution in [2.45, 2.75) is 46.6 Å². The topological polar surface area (TPSA) is 64.0 Å². The van der Waals surface area contributed by atoms with Gasteiger partial charge in [0.1, 0.15) is 10.9 Å². The highest BCUT2D eigenvalue weighted by Crippen LogP contribution is 2.24. The Balaban J connectivity index is 1.93. The van der Waals surface area contributed by atoms with E-state index in [0.29, 0.717) is 5.39 Å². The first kappa shape index (κ1) is 18.3. The van der Waals surface area contributed by atoms with E-state index in [1.165, 1.54) is 22.2 Å². The van der Waals surface area contributed by atoms with Crippen LogP contribution in [0.2, 0.25) is 0 Å². The minimum Gasteiger partial charge on any atom is -0.324 e. The zero-order valence-electron chi connectivity index (χ0n) is 15.5. The van der Waals surface area contributed by atoms with Crippen molar-refractivity contribution < 1.29 is 4.79 Å². The van der Waals surface area contributed by atoms with Gasteiger partial charge >= 0.3 is 0 Å².